The van der Waals surface area contributed by atoms with Crippen LogP contribution in [-0.2, 0) is 11.4 Å². The SMILES string of the molecule is Fc1c(Cl)cccc1CONC=Nc1ncnc2sccc12. The predicted octanol–water partition coefficient (Wildman–Crippen LogP) is 3.87. The van der Waals surface area contributed by atoms with Gasteiger partial charge in [0.05, 0.1) is 10.4 Å². The van der Waals surface area contributed by atoms with Gasteiger partial charge in [-0.2, -0.15) is 0 Å². The standard InChI is InChI=1S/C14H10ClFN4OS/c15-11-3-1-2-9(12(11)16)6-21-20-8-18-13-10-4-5-22-14(10)19-7-17-13/h1-5,7-8H,6H2,(H,17,18,19,20). The first kappa shape index (κ1) is 14.8. The van der Waals surface area contributed by atoms with Crippen LogP contribution < -0.4 is 5.48 Å². The fourth-order valence-corrected chi connectivity index (χ4v) is 2.71. The molecule has 0 radical (unpaired) electrons. The second kappa shape index (κ2) is 6.78. The van der Waals surface area contributed by atoms with Crippen LogP contribution in [0.3, 0.4) is 0 Å². The molecule has 0 bridgehead atoms. The van der Waals surface area contributed by atoms with E-state index in [1.165, 1.54) is 30.1 Å². The molecule has 22 heavy (non-hydrogen) atoms. The Bertz CT molecular complexity index is 823. The van der Waals surface area contributed by atoms with Crippen LogP contribution in [0.4, 0.5) is 10.2 Å². The van der Waals surface area contributed by atoms with Gasteiger partial charge in [0.1, 0.15) is 29.9 Å². The molecule has 0 unspecified atom stereocenters. The van der Waals surface area contributed by atoms with E-state index < -0.39 is 5.82 Å². The Hall–Kier alpha value is -2.09. The summed E-state index contributed by atoms with van der Waals surface area (Å²) in [7, 11) is 0. The highest BCUT2D eigenvalue weighted by Crippen LogP contribution is 2.25. The van der Waals surface area contributed by atoms with E-state index in [4.69, 9.17) is 16.4 Å². The Labute approximate surface area is 134 Å². The molecule has 0 aliphatic heterocycles. The fourth-order valence-electron chi connectivity index (χ4n) is 1.78. The molecule has 2 heterocycles. The molecule has 0 atom stereocenters. The number of fused-ring (bicyclic) bond motifs is 1. The third kappa shape index (κ3) is 3.22. The van der Waals surface area contributed by atoms with Gasteiger partial charge in [-0.3, -0.25) is 10.3 Å². The second-order valence-corrected chi connectivity index (χ2v) is 5.52. The number of thiophene rings is 1. The second-order valence-electron chi connectivity index (χ2n) is 4.21. The summed E-state index contributed by atoms with van der Waals surface area (Å²) in [5.41, 5.74) is 2.88. The summed E-state index contributed by atoms with van der Waals surface area (Å²) >= 11 is 7.20. The van der Waals surface area contributed by atoms with Crippen molar-refractivity contribution in [1.82, 2.24) is 15.4 Å². The van der Waals surface area contributed by atoms with Crippen LogP contribution >= 0.6 is 22.9 Å². The maximum atomic E-state index is 13.6. The average molecular weight is 337 g/mol. The van der Waals surface area contributed by atoms with E-state index in [1.54, 1.807) is 12.1 Å². The summed E-state index contributed by atoms with van der Waals surface area (Å²) < 4.78 is 13.6. The number of hydrogen-bond donors (Lipinski definition) is 1. The minimum atomic E-state index is -0.487. The summed E-state index contributed by atoms with van der Waals surface area (Å²) in [5, 5.41) is 2.85. The molecule has 3 rings (SSSR count). The molecule has 5 nitrogen and oxygen atoms in total. The molecule has 0 aliphatic rings. The molecule has 0 fully saturated rings. The molecule has 0 amide bonds. The lowest BCUT2D eigenvalue weighted by molar-refractivity contribution is 0.0726. The monoisotopic (exact) mass is 336 g/mol. The van der Waals surface area contributed by atoms with Crippen molar-refractivity contribution in [2.45, 2.75) is 6.61 Å². The lowest BCUT2D eigenvalue weighted by Crippen LogP contribution is -2.12. The van der Waals surface area contributed by atoms with Crippen molar-refractivity contribution in [3.05, 3.63) is 52.4 Å². The zero-order valence-corrected chi connectivity index (χ0v) is 12.7. The first-order valence-corrected chi connectivity index (χ1v) is 7.52. The van der Waals surface area contributed by atoms with Crippen molar-refractivity contribution >= 4 is 45.3 Å². The predicted molar refractivity (Wildman–Crippen MR) is 84.9 cm³/mol. The Morgan fingerprint density at radius 2 is 2.27 bits per heavy atom. The van der Waals surface area contributed by atoms with Crippen LogP contribution in [0.25, 0.3) is 10.2 Å². The minimum Gasteiger partial charge on any atom is -0.270 e. The van der Waals surface area contributed by atoms with E-state index in [9.17, 15) is 4.39 Å². The Balaban J connectivity index is 1.59. The van der Waals surface area contributed by atoms with Gasteiger partial charge in [-0.25, -0.2) is 19.4 Å². The van der Waals surface area contributed by atoms with Gasteiger partial charge in [-0.1, -0.05) is 23.7 Å². The quantitative estimate of drug-likeness (QED) is 0.332. The van der Waals surface area contributed by atoms with Gasteiger partial charge in [0, 0.05) is 5.56 Å². The zero-order valence-electron chi connectivity index (χ0n) is 11.2. The third-order valence-corrected chi connectivity index (χ3v) is 3.94. The van der Waals surface area contributed by atoms with Gasteiger partial charge in [-0.15, -0.1) is 11.3 Å². The summed E-state index contributed by atoms with van der Waals surface area (Å²) in [6.07, 6.45) is 2.80. The maximum absolute atomic E-state index is 13.6. The number of aromatic nitrogens is 2. The molecule has 0 saturated heterocycles. The van der Waals surface area contributed by atoms with E-state index >= 15 is 0 Å². The van der Waals surface area contributed by atoms with Crippen molar-refractivity contribution in [3.8, 4) is 0 Å². The van der Waals surface area contributed by atoms with Crippen LogP contribution in [0.2, 0.25) is 5.02 Å². The molecule has 0 spiro atoms. The number of hydrogen-bond acceptors (Lipinski definition) is 5. The van der Waals surface area contributed by atoms with Gasteiger partial charge in [0.25, 0.3) is 0 Å². The first-order chi connectivity index (χ1) is 10.8. The molecule has 0 saturated carbocycles. The van der Waals surface area contributed by atoms with Crippen molar-refractivity contribution in [2.75, 3.05) is 0 Å². The summed E-state index contributed by atoms with van der Waals surface area (Å²) in [5.74, 6) is 0.0509. The molecule has 112 valence electrons. The Morgan fingerprint density at radius 3 is 3.18 bits per heavy atom. The van der Waals surface area contributed by atoms with Crippen LogP contribution in [0.1, 0.15) is 5.56 Å². The molecule has 0 aliphatic carbocycles. The van der Waals surface area contributed by atoms with E-state index in [0.717, 1.165) is 10.2 Å². The zero-order chi connectivity index (χ0) is 15.4. The highest BCUT2D eigenvalue weighted by Gasteiger charge is 2.06. The van der Waals surface area contributed by atoms with E-state index in [0.29, 0.717) is 11.4 Å². The van der Waals surface area contributed by atoms with Gasteiger partial charge >= 0.3 is 0 Å². The summed E-state index contributed by atoms with van der Waals surface area (Å²) in [6.45, 7) is 0.0239. The van der Waals surface area contributed by atoms with Crippen LogP contribution in [0.5, 0.6) is 0 Å². The van der Waals surface area contributed by atoms with E-state index in [2.05, 4.69) is 20.4 Å². The Kier molecular flexibility index (Phi) is 4.57. The van der Waals surface area contributed by atoms with Gasteiger partial charge < -0.3 is 0 Å². The summed E-state index contributed by atoms with van der Waals surface area (Å²) in [4.78, 5) is 18.4. The van der Waals surface area contributed by atoms with Crippen molar-refractivity contribution in [1.29, 1.82) is 0 Å². The topological polar surface area (TPSA) is 59.4 Å². The molecule has 3 aromatic rings. The fraction of sp³-hybridized carbons (Fsp3) is 0.0714. The highest BCUT2D eigenvalue weighted by molar-refractivity contribution is 7.16. The van der Waals surface area contributed by atoms with Gasteiger partial charge in [-0.05, 0) is 17.5 Å². The number of aliphatic imine (C=N–C) groups is 1. The third-order valence-electron chi connectivity index (χ3n) is 2.82. The largest absolute Gasteiger partial charge is 0.270 e. The van der Waals surface area contributed by atoms with Crippen molar-refractivity contribution in [2.24, 2.45) is 4.99 Å². The molecule has 2 aromatic heterocycles. The number of halogens is 2. The normalized spacial score (nSPS) is 11.4. The lowest BCUT2D eigenvalue weighted by atomic mass is 10.2. The molecular weight excluding hydrogens is 327 g/mol. The summed E-state index contributed by atoms with van der Waals surface area (Å²) in [6, 6.07) is 6.64. The molecule has 1 N–H and O–H groups in total. The molecular formula is C14H10ClFN4OS. The molecule has 1 aromatic carbocycles. The number of benzene rings is 1. The maximum Gasteiger partial charge on any atom is 0.165 e. The van der Waals surface area contributed by atoms with Gasteiger partial charge in [0.2, 0.25) is 0 Å². The smallest absolute Gasteiger partial charge is 0.165 e. The van der Waals surface area contributed by atoms with E-state index in [-0.39, 0.29) is 11.6 Å². The van der Waals surface area contributed by atoms with Crippen LogP contribution in [0.15, 0.2) is 41.0 Å². The number of rotatable bonds is 5. The first-order valence-electron chi connectivity index (χ1n) is 6.26. The lowest BCUT2D eigenvalue weighted by Gasteiger charge is -2.04. The number of nitrogens with zero attached hydrogens (tertiary/aromatic N) is 3. The highest BCUT2D eigenvalue weighted by atomic mass is 35.5. The van der Waals surface area contributed by atoms with E-state index in [1.807, 2.05) is 11.4 Å². The van der Waals surface area contributed by atoms with Crippen molar-refractivity contribution in [3.63, 3.8) is 0 Å². The molecule has 8 heteroatoms. The van der Waals surface area contributed by atoms with Crippen LogP contribution in [-0.4, -0.2) is 16.3 Å². The Morgan fingerprint density at radius 1 is 1.36 bits per heavy atom. The van der Waals surface area contributed by atoms with Crippen molar-refractivity contribution < 1.29 is 9.23 Å². The average Bonchev–Trinajstić information content (AvgIpc) is 3.00. The number of nitrogens with one attached hydrogen (secondary N) is 1. The minimum absolute atomic E-state index is 0.0239. The van der Waals surface area contributed by atoms with Gasteiger partial charge in [0.15, 0.2) is 5.82 Å². The number of hydroxylamine groups is 1. The van der Waals surface area contributed by atoms with Crippen LogP contribution in [0, 0.1) is 5.82 Å².